The van der Waals surface area contributed by atoms with Crippen molar-refractivity contribution < 1.29 is 52.3 Å². The molecule has 0 unspecified atom stereocenters. The van der Waals surface area contributed by atoms with Crippen LogP contribution >= 0.6 is 0 Å². The third-order valence-corrected chi connectivity index (χ3v) is 6.35. The van der Waals surface area contributed by atoms with Crippen molar-refractivity contribution in [2.24, 2.45) is 11.7 Å². The van der Waals surface area contributed by atoms with Gasteiger partial charge in [-0.2, -0.15) is 0 Å². The van der Waals surface area contributed by atoms with Crippen LogP contribution in [0.4, 0.5) is 14.4 Å². The van der Waals surface area contributed by atoms with Gasteiger partial charge >= 0.3 is 24.4 Å². The molecule has 1 aromatic rings. The van der Waals surface area contributed by atoms with E-state index in [1.165, 1.54) is 12.1 Å². The molecule has 0 aliphatic carbocycles. The zero-order valence-electron chi connectivity index (χ0n) is 26.4. The largest absolute Gasteiger partial charge is 0.514 e. The zero-order chi connectivity index (χ0) is 32.3. The first-order valence-corrected chi connectivity index (χ1v) is 14.1. The maximum atomic E-state index is 12.7. The molecule has 2 N–H and O–H groups in total. The standard InChI is InChI=1S/C30H47NO11/c1-11-29(7,8)41-27(34)39-23-14-13-21(16-24(23)40-28(35)42-30(9,10)12-2)15-22(31)25(32)37-19(5)20(6)38-26(33)36-17-18(3)4/h13-14,16,18-20,22H,11-12,15,17,31H2,1-10H3/t19-,20-,22-/m0/s1. The fourth-order valence-electron chi connectivity index (χ4n) is 2.88. The van der Waals surface area contributed by atoms with Gasteiger partial charge in [0.2, 0.25) is 0 Å². The SMILES string of the molecule is CCC(C)(C)OC(=O)Oc1ccc(C[C@H](N)C(=O)O[C@@H](C)[C@H](C)OC(=O)OCC(C)C)cc1OC(=O)OC(C)(C)CC. The van der Waals surface area contributed by atoms with Crippen molar-refractivity contribution in [3.8, 4) is 11.5 Å². The first kappa shape index (κ1) is 36.5. The fourth-order valence-corrected chi connectivity index (χ4v) is 2.88. The molecule has 1 aromatic carbocycles. The summed E-state index contributed by atoms with van der Waals surface area (Å²) >= 11 is 0. The van der Waals surface area contributed by atoms with Crippen molar-refractivity contribution in [2.45, 2.75) is 118 Å². The average molecular weight is 598 g/mol. The van der Waals surface area contributed by atoms with Crippen LogP contribution in [-0.4, -0.2) is 60.5 Å². The zero-order valence-corrected chi connectivity index (χ0v) is 26.4. The highest BCUT2D eigenvalue weighted by Crippen LogP contribution is 2.31. The quantitative estimate of drug-likeness (QED) is 0.149. The van der Waals surface area contributed by atoms with Gasteiger partial charge in [0.1, 0.15) is 29.5 Å². The molecule has 0 heterocycles. The molecule has 0 bridgehead atoms. The Labute approximate surface area is 248 Å². The number of rotatable bonds is 14. The Morgan fingerprint density at radius 1 is 0.762 bits per heavy atom. The second-order valence-electron chi connectivity index (χ2n) is 11.6. The van der Waals surface area contributed by atoms with Crippen molar-refractivity contribution in [2.75, 3.05) is 6.61 Å². The van der Waals surface area contributed by atoms with Crippen LogP contribution in [0.2, 0.25) is 0 Å². The minimum Gasteiger partial charge on any atom is -0.458 e. The minimum atomic E-state index is -1.12. The Morgan fingerprint density at radius 3 is 1.76 bits per heavy atom. The minimum absolute atomic E-state index is 0.0172. The van der Waals surface area contributed by atoms with E-state index in [1.54, 1.807) is 47.6 Å². The van der Waals surface area contributed by atoms with Gasteiger partial charge in [-0.3, -0.25) is 4.79 Å². The first-order valence-electron chi connectivity index (χ1n) is 14.1. The summed E-state index contributed by atoms with van der Waals surface area (Å²) in [6.07, 6.45) is -3.39. The summed E-state index contributed by atoms with van der Waals surface area (Å²) in [7, 11) is 0. The number of carbonyl (C=O) groups is 4. The lowest BCUT2D eigenvalue weighted by Gasteiger charge is -2.24. The molecular weight excluding hydrogens is 550 g/mol. The maximum Gasteiger partial charge on any atom is 0.514 e. The highest BCUT2D eigenvalue weighted by molar-refractivity contribution is 5.76. The predicted octanol–water partition coefficient (Wildman–Crippen LogP) is 6.09. The Morgan fingerprint density at radius 2 is 1.26 bits per heavy atom. The van der Waals surface area contributed by atoms with Crippen LogP contribution in [0.3, 0.4) is 0 Å². The van der Waals surface area contributed by atoms with E-state index >= 15 is 0 Å². The Bertz CT molecular complexity index is 1070. The van der Waals surface area contributed by atoms with E-state index in [0.717, 1.165) is 0 Å². The van der Waals surface area contributed by atoms with Gasteiger partial charge < -0.3 is 38.9 Å². The monoisotopic (exact) mass is 597 g/mol. The lowest BCUT2D eigenvalue weighted by Crippen LogP contribution is -2.39. The molecule has 42 heavy (non-hydrogen) atoms. The second kappa shape index (κ2) is 16.2. The Kier molecular flexibility index (Phi) is 14.1. The third kappa shape index (κ3) is 13.4. The van der Waals surface area contributed by atoms with Crippen LogP contribution in [0, 0.1) is 5.92 Å². The van der Waals surface area contributed by atoms with Gasteiger partial charge in [-0.05, 0) is 84.4 Å². The summed E-state index contributed by atoms with van der Waals surface area (Å²) in [5.41, 5.74) is 4.99. The van der Waals surface area contributed by atoms with Crippen molar-refractivity contribution in [1.82, 2.24) is 0 Å². The molecule has 1 rings (SSSR count). The van der Waals surface area contributed by atoms with E-state index in [4.69, 9.17) is 38.9 Å². The molecule has 0 amide bonds. The van der Waals surface area contributed by atoms with Gasteiger partial charge in [0, 0.05) is 0 Å². The Balaban J connectivity index is 3.00. The number of hydrogen-bond acceptors (Lipinski definition) is 12. The van der Waals surface area contributed by atoms with Gasteiger partial charge in [0.15, 0.2) is 11.5 Å². The van der Waals surface area contributed by atoms with Crippen LogP contribution in [-0.2, 0) is 34.9 Å². The fraction of sp³-hybridized carbons (Fsp3) is 0.667. The molecule has 12 heteroatoms. The molecule has 3 atom stereocenters. The summed E-state index contributed by atoms with van der Waals surface area (Å²) < 4.78 is 36.9. The smallest absolute Gasteiger partial charge is 0.458 e. The van der Waals surface area contributed by atoms with Gasteiger partial charge in [0.05, 0.1) is 6.61 Å². The molecule has 12 nitrogen and oxygen atoms in total. The molecule has 0 fully saturated rings. The number of hydrogen-bond donors (Lipinski definition) is 1. The van der Waals surface area contributed by atoms with Gasteiger partial charge in [-0.15, -0.1) is 0 Å². The highest BCUT2D eigenvalue weighted by Gasteiger charge is 2.28. The predicted molar refractivity (Wildman–Crippen MR) is 153 cm³/mol. The van der Waals surface area contributed by atoms with Crippen LogP contribution in [0.25, 0.3) is 0 Å². The van der Waals surface area contributed by atoms with E-state index in [9.17, 15) is 19.2 Å². The molecule has 0 aliphatic rings. The lowest BCUT2D eigenvalue weighted by atomic mass is 10.1. The molecule has 0 saturated heterocycles. The average Bonchev–Trinajstić information content (AvgIpc) is 2.88. The molecule has 0 spiro atoms. The van der Waals surface area contributed by atoms with Gasteiger partial charge in [0.25, 0.3) is 0 Å². The van der Waals surface area contributed by atoms with E-state index in [0.29, 0.717) is 18.4 Å². The first-order chi connectivity index (χ1) is 19.4. The molecule has 0 radical (unpaired) electrons. The number of nitrogens with two attached hydrogens (primary N) is 1. The highest BCUT2D eigenvalue weighted by atomic mass is 16.8. The van der Waals surface area contributed by atoms with Crippen LogP contribution in [0.15, 0.2) is 18.2 Å². The van der Waals surface area contributed by atoms with Gasteiger partial charge in [-0.1, -0.05) is 33.8 Å². The lowest BCUT2D eigenvalue weighted by molar-refractivity contribution is -0.155. The number of carbonyl (C=O) groups excluding carboxylic acids is 4. The van der Waals surface area contributed by atoms with E-state index in [2.05, 4.69) is 0 Å². The van der Waals surface area contributed by atoms with E-state index < -0.39 is 53.9 Å². The molecule has 0 aliphatic heterocycles. The summed E-state index contributed by atoms with van der Waals surface area (Å²) in [4.78, 5) is 49.4. The van der Waals surface area contributed by atoms with Crippen molar-refractivity contribution in [3.05, 3.63) is 23.8 Å². The van der Waals surface area contributed by atoms with Crippen LogP contribution < -0.4 is 15.2 Å². The summed E-state index contributed by atoms with van der Waals surface area (Å²) in [6.45, 7) is 17.7. The molecule has 0 aromatic heterocycles. The topological polar surface area (TPSA) is 159 Å². The summed E-state index contributed by atoms with van der Waals surface area (Å²) in [5, 5.41) is 0. The van der Waals surface area contributed by atoms with Crippen molar-refractivity contribution in [3.63, 3.8) is 0 Å². The van der Waals surface area contributed by atoms with Crippen LogP contribution in [0.5, 0.6) is 11.5 Å². The molecule has 238 valence electrons. The van der Waals surface area contributed by atoms with Crippen molar-refractivity contribution >= 4 is 24.4 Å². The number of esters is 1. The summed E-state index contributed by atoms with van der Waals surface area (Å²) in [5.74, 6) is -0.831. The second-order valence-corrected chi connectivity index (χ2v) is 11.6. The van der Waals surface area contributed by atoms with Crippen LogP contribution in [0.1, 0.15) is 87.6 Å². The van der Waals surface area contributed by atoms with E-state index in [1.807, 2.05) is 27.7 Å². The number of benzene rings is 1. The molecule has 0 saturated carbocycles. The van der Waals surface area contributed by atoms with Crippen molar-refractivity contribution in [1.29, 1.82) is 0 Å². The van der Waals surface area contributed by atoms with Gasteiger partial charge in [-0.25, -0.2) is 14.4 Å². The van der Waals surface area contributed by atoms with E-state index in [-0.39, 0.29) is 30.4 Å². The number of ether oxygens (including phenoxy) is 7. The Hall–Kier alpha value is -3.54. The third-order valence-electron chi connectivity index (χ3n) is 6.35. The molecular formula is C30H47NO11. The normalized spacial score (nSPS) is 13.8. The maximum absolute atomic E-state index is 12.7. The summed E-state index contributed by atoms with van der Waals surface area (Å²) in [6, 6.07) is 3.23.